The number of halogens is 2. The number of carbonyl (C=O) groups is 1. The zero-order valence-electron chi connectivity index (χ0n) is 11.5. The van der Waals surface area contributed by atoms with Crippen LogP contribution in [0.25, 0.3) is 0 Å². The number of carboxylic acids is 1. The number of carboxylic acid groups (broad SMARTS) is 1. The van der Waals surface area contributed by atoms with E-state index in [1.807, 2.05) is 0 Å². The van der Waals surface area contributed by atoms with Crippen molar-refractivity contribution in [2.24, 2.45) is 0 Å². The highest BCUT2D eigenvalue weighted by molar-refractivity contribution is 5.70. The zero-order valence-corrected chi connectivity index (χ0v) is 11.5. The molecule has 110 valence electrons. The lowest BCUT2D eigenvalue weighted by molar-refractivity contribution is -0.138. The van der Waals surface area contributed by atoms with E-state index in [9.17, 15) is 13.6 Å². The lowest BCUT2D eigenvalue weighted by atomic mass is 9.80. The second-order valence-electron chi connectivity index (χ2n) is 5.60. The maximum atomic E-state index is 13.5. The van der Waals surface area contributed by atoms with Gasteiger partial charge >= 0.3 is 5.97 Å². The van der Waals surface area contributed by atoms with E-state index in [0.717, 1.165) is 6.92 Å². The Hall–Kier alpha value is -1.85. The average molecular weight is 286 g/mol. The zero-order chi connectivity index (χ0) is 15.1. The highest BCUT2D eigenvalue weighted by atomic mass is 19.3. The van der Waals surface area contributed by atoms with Crippen LogP contribution in [-0.4, -0.2) is 17.9 Å². The van der Waals surface area contributed by atoms with Gasteiger partial charge in [-0.1, -0.05) is 13.8 Å². The molecule has 0 radical (unpaired) electrons. The lowest BCUT2D eigenvalue weighted by Crippen LogP contribution is -2.23. The first-order valence-electron chi connectivity index (χ1n) is 6.15. The van der Waals surface area contributed by atoms with Gasteiger partial charge in [0.1, 0.15) is 0 Å². The maximum absolute atomic E-state index is 13.5. The molecule has 0 fully saturated rings. The van der Waals surface area contributed by atoms with E-state index >= 15 is 0 Å². The van der Waals surface area contributed by atoms with Crippen LogP contribution in [0.3, 0.4) is 0 Å². The molecule has 6 heteroatoms. The molecule has 0 bridgehead atoms. The number of hydrogen-bond donors (Lipinski definition) is 1. The van der Waals surface area contributed by atoms with Crippen molar-refractivity contribution < 1.29 is 28.2 Å². The third kappa shape index (κ3) is 2.69. The van der Waals surface area contributed by atoms with E-state index in [1.54, 1.807) is 13.8 Å². The largest absolute Gasteiger partial charge is 0.481 e. The average Bonchev–Trinajstić information content (AvgIpc) is 2.71. The standard InChI is InChI=1S/C14H16F2O4/c1-13(2,6-11(17)18)9-4-8(14(3,15)16)5-10-12(9)20-7-19-10/h4-5H,6-7H2,1-3H3,(H,17,18). The van der Waals surface area contributed by atoms with Gasteiger partial charge in [0.2, 0.25) is 6.79 Å². The molecule has 2 rings (SSSR count). The summed E-state index contributed by atoms with van der Waals surface area (Å²) in [5.41, 5.74) is -0.633. The number of aliphatic carboxylic acids is 1. The van der Waals surface area contributed by atoms with Crippen molar-refractivity contribution in [2.75, 3.05) is 6.79 Å². The van der Waals surface area contributed by atoms with Crippen molar-refractivity contribution in [2.45, 2.75) is 38.5 Å². The van der Waals surface area contributed by atoms with Gasteiger partial charge in [0.05, 0.1) is 6.42 Å². The molecular formula is C14H16F2O4. The molecule has 1 heterocycles. The summed E-state index contributed by atoms with van der Waals surface area (Å²) in [5.74, 6) is -3.45. The molecular weight excluding hydrogens is 270 g/mol. The van der Waals surface area contributed by atoms with Gasteiger partial charge in [-0.3, -0.25) is 4.79 Å². The predicted molar refractivity (Wildman–Crippen MR) is 67.4 cm³/mol. The summed E-state index contributed by atoms with van der Waals surface area (Å²) in [6, 6.07) is 2.54. The van der Waals surface area contributed by atoms with Crippen LogP contribution in [0.2, 0.25) is 0 Å². The number of benzene rings is 1. The van der Waals surface area contributed by atoms with Crippen molar-refractivity contribution >= 4 is 5.97 Å². The third-order valence-corrected chi connectivity index (χ3v) is 3.30. The van der Waals surface area contributed by atoms with Crippen LogP contribution in [-0.2, 0) is 16.1 Å². The van der Waals surface area contributed by atoms with Crippen LogP contribution >= 0.6 is 0 Å². The molecule has 0 atom stereocenters. The Morgan fingerprint density at radius 3 is 2.50 bits per heavy atom. The molecule has 0 unspecified atom stereocenters. The van der Waals surface area contributed by atoms with Gasteiger partial charge in [0, 0.05) is 23.5 Å². The first-order chi connectivity index (χ1) is 9.11. The van der Waals surface area contributed by atoms with E-state index in [2.05, 4.69) is 0 Å². The van der Waals surface area contributed by atoms with Crippen molar-refractivity contribution in [1.82, 2.24) is 0 Å². The Morgan fingerprint density at radius 1 is 1.30 bits per heavy atom. The number of fused-ring (bicyclic) bond motifs is 1. The minimum Gasteiger partial charge on any atom is -0.481 e. The van der Waals surface area contributed by atoms with Crippen LogP contribution in [0.1, 0.15) is 38.3 Å². The molecule has 1 aliphatic heterocycles. The fraction of sp³-hybridized carbons (Fsp3) is 0.500. The van der Waals surface area contributed by atoms with E-state index in [1.165, 1.54) is 12.1 Å². The van der Waals surface area contributed by atoms with Gasteiger partial charge in [-0.15, -0.1) is 0 Å². The van der Waals surface area contributed by atoms with Crippen molar-refractivity contribution in [3.63, 3.8) is 0 Å². The van der Waals surface area contributed by atoms with E-state index in [-0.39, 0.29) is 24.5 Å². The second-order valence-corrected chi connectivity index (χ2v) is 5.60. The second kappa shape index (κ2) is 4.61. The van der Waals surface area contributed by atoms with Crippen LogP contribution in [0, 0.1) is 0 Å². The molecule has 0 aliphatic carbocycles. The molecule has 4 nitrogen and oxygen atoms in total. The highest BCUT2D eigenvalue weighted by Gasteiger charge is 2.35. The van der Waals surface area contributed by atoms with Crippen molar-refractivity contribution in [3.05, 3.63) is 23.3 Å². The van der Waals surface area contributed by atoms with Crippen molar-refractivity contribution in [3.8, 4) is 11.5 Å². The summed E-state index contributed by atoms with van der Waals surface area (Å²) in [5, 5.41) is 8.97. The molecule has 20 heavy (non-hydrogen) atoms. The van der Waals surface area contributed by atoms with Crippen molar-refractivity contribution in [1.29, 1.82) is 0 Å². The number of rotatable bonds is 4. The topological polar surface area (TPSA) is 55.8 Å². The Bertz CT molecular complexity index is 547. The van der Waals surface area contributed by atoms with Crippen LogP contribution in [0.4, 0.5) is 8.78 Å². The summed E-state index contributed by atoms with van der Waals surface area (Å²) in [4.78, 5) is 11.0. The fourth-order valence-electron chi connectivity index (χ4n) is 2.24. The van der Waals surface area contributed by atoms with Gasteiger partial charge < -0.3 is 14.6 Å². The quantitative estimate of drug-likeness (QED) is 0.922. The number of alkyl halides is 2. The smallest absolute Gasteiger partial charge is 0.304 e. The van der Waals surface area contributed by atoms with Gasteiger partial charge in [-0.05, 0) is 12.1 Å². The molecule has 0 saturated heterocycles. The lowest BCUT2D eigenvalue weighted by Gasteiger charge is -2.26. The Kier molecular flexibility index (Phi) is 3.36. The Balaban J connectivity index is 2.57. The molecule has 0 saturated carbocycles. The Morgan fingerprint density at radius 2 is 1.95 bits per heavy atom. The molecule has 1 aromatic carbocycles. The molecule has 1 aliphatic rings. The van der Waals surface area contributed by atoms with Gasteiger partial charge in [-0.2, -0.15) is 0 Å². The third-order valence-electron chi connectivity index (χ3n) is 3.30. The normalized spacial score (nSPS) is 14.4. The molecule has 0 amide bonds. The molecule has 1 aromatic rings. The number of ether oxygens (including phenoxy) is 2. The summed E-state index contributed by atoms with van der Waals surface area (Å²) >= 11 is 0. The monoisotopic (exact) mass is 286 g/mol. The van der Waals surface area contributed by atoms with Crippen LogP contribution in [0.5, 0.6) is 11.5 Å². The van der Waals surface area contributed by atoms with E-state index < -0.39 is 17.3 Å². The number of hydrogen-bond acceptors (Lipinski definition) is 3. The first-order valence-corrected chi connectivity index (χ1v) is 6.15. The maximum Gasteiger partial charge on any atom is 0.304 e. The summed E-state index contributed by atoms with van der Waals surface area (Å²) in [6.07, 6.45) is -0.193. The molecule has 0 spiro atoms. The summed E-state index contributed by atoms with van der Waals surface area (Å²) in [6.45, 7) is 4.09. The van der Waals surface area contributed by atoms with Gasteiger partial charge in [0.25, 0.3) is 5.92 Å². The van der Waals surface area contributed by atoms with Gasteiger partial charge in [0.15, 0.2) is 11.5 Å². The van der Waals surface area contributed by atoms with E-state index in [0.29, 0.717) is 11.3 Å². The summed E-state index contributed by atoms with van der Waals surface area (Å²) in [7, 11) is 0. The minimum atomic E-state index is -3.03. The SMILES string of the molecule is CC(F)(F)c1cc2c(c(C(C)(C)CC(=O)O)c1)OCO2. The van der Waals surface area contributed by atoms with Gasteiger partial charge in [-0.25, -0.2) is 8.78 Å². The molecule has 1 N–H and O–H groups in total. The highest BCUT2D eigenvalue weighted by Crippen LogP contribution is 2.46. The molecule has 0 aromatic heterocycles. The first kappa shape index (κ1) is 14.6. The Labute approximate surface area is 115 Å². The van der Waals surface area contributed by atoms with E-state index in [4.69, 9.17) is 14.6 Å². The summed E-state index contributed by atoms with van der Waals surface area (Å²) < 4.78 is 37.6. The van der Waals surface area contributed by atoms with Crippen LogP contribution < -0.4 is 9.47 Å². The van der Waals surface area contributed by atoms with Crippen LogP contribution in [0.15, 0.2) is 12.1 Å². The predicted octanol–water partition coefficient (Wildman–Crippen LogP) is 3.28. The fourth-order valence-corrected chi connectivity index (χ4v) is 2.24. The minimum absolute atomic E-state index is 0.0514.